The minimum Gasteiger partial charge on any atom is -0.372 e. The van der Waals surface area contributed by atoms with Gasteiger partial charge in [0.25, 0.3) is 0 Å². The number of hydrogen-bond acceptors (Lipinski definition) is 4. The molecule has 1 aromatic heterocycles. The van der Waals surface area contributed by atoms with E-state index in [9.17, 15) is 4.79 Å². The van der Waals surface area contributed by atoms with Gasteiger partial charge in [0.15, 0.2) is 0 Å². The summed E-state index contributed by atoms with van der Waals surface area (Å²) in [5.41, 5.74) is 2.76. The number of rotatable bonds is 5. The van der Waals surface area contributed by atoms with E-state index in [-0.39, 0.29) is 5.69 Å². The molecular weight excluding hydrogens is 338 g/mol. The van der Waals surface area contributed by atoms with Crippen LogP contribution in [0.2, 0.25) is 0 Å². The van der Waals surface area contributed by atoms with Gasteiger partial charge in [-0.3, -0.25) is 9.47 Å². The Kier molecular flexibility index (Phi) is 5.34. The van der Waals surface area contributed by atoms with E-state index in [0.717, 1.165) is 38.3 Å². The van der Waals surface area contributed by atoms with Crippen LogP contribution >= 0.6 is 0 Å². The van der Waals surface area contributed by atoms with E-state index >= 15 is 0 Å². The van der Waals surface area contributed by atoms with Crippen LogP contribution in [0.15, 0.2) is 29.1 Å². The van der Waals surface area contributed by atoms with Gasteiger partial charge >= 0.3 is 5.69 Å². The van der Waals surface area contributed by atoms with Crippen LogP contribution < -0.4 is 10.6 Å². The van der Waals surface area contributed by atoms with Crippen LogP contribution in [0.4, 0.5) is 5.69 Å². The number of piperidine rings is 1. The summed E-state index contributed by atoms with van der Waals surface area (Å²) in [4.78, 5) is 17.1. The van der Waals surface area contributed by atoms with E-state index in [1.807, 2.05) is 11.5 Å². The summed E-state index contributed by atoms with van der Waals surface area (Å²) in [6.07, 6.45) is 4.78. The minimum atomic E-state index is 0.00743. The molecule has 0 aliphatic carbocycles. The normalized spacial score (nSPS) is 19.1. The van der Waals surface area contributed by atoms with Gasteiger partial charge in [-0.1, -0.05) is 12.1 Å². The molecule has 2 aliphatic rings. The maximum atomic E-state index is 12.1. The van der Waals surface area contributed by atoms with Gasteiger partial charge in [0.05, 0.1) is 0 Å². The number of likely N-dealkylation sites (tertiary alicyclic amines) is 1. The third-order valence-corrected chi connectivity index (χ3v) is 6.12. The van der Waals surface area contributed by atoms with E-state index in [4.69, 9.17) is 0 Å². The molecule has 2 fully saturated rings. The van der Waals surface area contributed by atoms with Gasteiger partial charge in [0.2, 0.25) is 0 Å². The van der Waals surface area contributed by atoms with Crippen molar-refractivity contribution in [1.82, 2.24) is 19.2 Å². The molecule has 0 N–H and O–H groups in total. The molecule has 0 spiro atoms. The Balaban J connectivity index is 1.34. The molecule has 2 aliphatic heterocycles. The standard InChI is InChI=1S/C21H31N5O/c1-3-26-20(22-23(2)21(26)27)18-10-14-24(15-11-18)16-17-6-8-19(9-7-17)25-12-4-5-13-25/h6-9,18H,3-5,10-16H2,1-2H3. The second-order valence-electron chi connectivity index (χ2n) is 7.92. The van der Waals surface area contributed by atoms with E-state index in [2.05, 4.69) is 39.2 Å². The minimum absolute atomic E-state index is 0.00743. The summed E-state index contributed by atoms with van der Waals surface area (Å²) in [5.74, 6) is 1.37. The third-order valence-electron chi connectivity index (χ3n) is 6.12. The first-order valence-corrected chi connectivity index (χ1v) is 10.4. The highest BCUT2D eigenvalue weighted by Crippen LogP contribution is 2.27. The molecule has 0 bridgehead atoms. The van der Waals surface area contributed by atoms with Crippen molar-refractivity contribution < 1.29 is 0 Å². The van der Waals surface area contributed by atoms with Crippen molar-refractivity contribution in [3.63, 3.8) is 0 Å². The number of hydrogen-bond donors (Lipinski definition) is 0. The molecular formula is C21H31N5O. The molecule has 2 saturated heterocycles. The molecule has 6 heteroatoms. The van der Waals surface area contributed by atoms with Crippen molar-refractivity contribution in [1.29, 1.82) is 0 Å². The Morgan fingerprint density at radius 1 is 1.04 bits per heavy atom. The molecule has 0 saturated carbocycles. The number of aryl methyl sites for hydroxylation is 1. The molecule has 3 heterocycles. The number of nitrogens with zero attached hydrogens (tertiary/aromatic N) is 5. The van der Waals surface area contributed by atoms with Crippen molar-refractivity contribution in [2.75, 3.05) is 31.1 Å². The quantitative estimate of drug-likeness (QED) is 0.813. The summed E-state index contributed by atoms with van der Waals surface area (Å²) >= 11 is 0. The second-order valence-corrected chi connectivity index (χ2v) is 7.92. The van der Waals surface area contributed by atoms with Crippen molar-refractivity contribution >= 4 is 5.69 Å². The molecule has 27 heavy (non-hydrogen) atoms. The SMILES string of the molecule is CCn1c(C2CCN(Cc3ccc(N4CCCC4)cc3)CC2)nn(C)c1=O. The monoisotopic (exact) mass is 369 g/mol. The fourth-order valence-electron chi connectivity index (χ4n) is 4.52. The summed E-state index contributed by atoms with van der Waals surface area (Å²) in [5, 5.41) is 4.51. The number of aromatic nitrogens is 3. The van der Waals surface area contributed by atoms with E-state index in [1.54, 1.807) is 7.05 Å². The molecule has 2 aromatic rings. The van der Waals surface area contributed by atoms with Crippen LogP contribution in [-0.4, -0.2) is 45.4 Å². The van der Waals surface area contributed by atoms with Crippen LogP contribution in [0.1, 0.15) is 49.9 Å². The van der Waals surface area contributed by atoms with Crippen LogP contribution in [-0.2, 0) is 20.1 Å². The average Bonchev–Trinajstić information content (AvgIpc) is 3.32. The zero-order valence-corrected chi connectivity index (χ0v) is 16.6. The first kappa shape index (κ1) is 18.3. The Hall–Kier alpha value is -2.08. The smallest absolute Gasteiger partial charge is 0.345 e. The van der Waals surface area contributed by atoms with Crippen LogP contribution in [0.5, 0.6) is 0 Å². The van der Waals surface area contributed by atoms with Gasteiger partial charge in [-0.25, -0.2) is 9.48 Å². The van der Waals surface area contributed by atoms with Crippen LogP contribution in [0.3, 0.4) is 0 Å². The highest BCUT2D eigenvalue weighted by Gasteiger charge is 2.26. The summed E-state index contributed by atoms with van der Waals surface area (Å²) in [6.45, 7) is 8.25. The van der Waals surface area contributed by atoms with Crippen molar-refractivity contribution in [3.8, 4) is 0 Å². The van der Waals surface area contributed by atoms with E-state index < -0.39 is 0 Å². The van der Waals surface area contributed by atoms with E-state index in [1.165, 1.54) is 41.9 Å². The molecule has 0 amide bonds. The lowest BCUT2D eigenvalue weighted by Gasteiger charge is -2.31. The van der Waals surface area contributed by atoms with Gasteiger partial charge in [-0.15, -0.1) is 0 Å². The lowest BCUT2D eigenvalue weighted by Crippen LogP contribution is -2.33. The zero-order chi connectivity index (χ0) is 18.8. The first-order valence-electron chi connectivity index (χ1n) is 10.4. The molecule has 1 aromatic carbocycles. The van der Waals surface area contributed by atoms with Crippen molar-refractivity contribution in [3.05, 3.63) is 46.1 Å². The van der Waals surface area contributed by atoms with Gasteiger partial charge in [0.1, 0.15) is 5.82 Å². The molecule has 0 unspecified atom stereocenters. The summed E-state index contributed by atoms with van der Waals surface area (Å²) in [7, 11) is 1.75. The lowest BCUT2D eigenvalue weighted by molar-refractivity contribution is 0.200. The van der Waals surface area contributed by atoms with Gasteiger partial charge in [-0.2, -0.15) is 5.10 Å². The molecule has 0 radical (unpaired) electrons. The molecule has 0 atom stereocenters. The van der Waals surface area contributed by atoms with Crippen LogP contribution in [0, 0.1) is 0 Å². The summed E-state index contributed by atoms with van der Waals surface area (Å²) in [6, 6.07) is 9.13. The predicted molar refractivity (Wildman–Crippen MR) is 108 cm³/mol. The predicted octanol–water partition coefficient (Wildman–Crippen LogP) is 2.58. The maximum Gasteiger partial charge on any atom is 0.345 e. The topological polar surface area (TPSA) is 46.3 Å². The number of benzene rings is 1. The Morgan fingerprint density at radius 3 is 2.33 bits per heavy atom. The lowest BCUT2D eigenvalue weighted by atomic mass is 9.95. The van der Waals surface area contributed by atoms with Gasteiger partial charge < -0.3 is 4.90 Å². The second kappa shape index (κ2) is 7.89. The van der Waals surface area contributed by atoms with Crippen LogP contribution in [0.25, 0.3) is 0 Å². The van der Waals surface area contributed by atoms with E-state index in [0.29, 0.717) is 12.5 Å². The van der Waals surface area contributed by atoms with Crippen molar-refractivity contribution in [2.45, 2.75) is 51.6 Å². The number of anilines is 1. The highest BCUT2D eigenvalue weighted by atomic mass is 16.2. The highest BCUT2D eigenvalue weighted by molar-refractivity contribution is 5.48. The largest absolute Gasteiger partial charge is 0.372 e. The fraction of sp³-hybridized carbons (Fsp3) is 0.619. The first-order chi connectivity index (χ1) is 13.2. The van der Waals surface area contributed by atoms with Crippen molar-refractivity contribution in [2.24, 2.45) is 7.05 Å². The van der Waals surface area contributed by atoms with Gasteiger partial charge in [-0.05, 0) is 63.4 Å². The Labute approximate surface area is 161 Å². The van der Waals surface area contributed by atoms with Gasteiger partial charge in [0, 0.05) is 44.8 Å². The summed E-state index contributed by atoms with van der Waals surface area (Å²) < 4.78 is 3.31. The Bertz CT molecular complexity index is 808. The Morgan fingerprint density at radius 2 is 1.70 bits per heavy atom. The average molecular weight is 370 g/mol. The fourth-order valence-corrected chi connectivity index (χ4v) is 4.52. The molecule has 4 rings (SSSR count). The maximum absolute atomic E-state index is 12.1. The third kappa shape index (κ3) is 3.81. The zero-order valence-electron chi connectivity index (χ0n) is 16.6. The molecule has 6 nitrogen and oxygen atoms in total. The molecule has 146 valence electrons.